The van der Waals surface area contributed by atoms with Crippen molar-refractivity contribution in [2.45, 2.75) is 6.54 Å². The average molecular weight is 377 g/mol. The molecule has 28 heavy (non-hydrogen) atoms. The Bertz CT molecular complexity index is 1260. The van der Waals surface area contributed by atoms with Crippen LogP contribution in [0.1, 0.15) is 0 Å². The van der Waals surface area contributed by atoms with E-state index in [0.717, 1.165) is 5.39 Å². The van der Waals surface area contributed by atoms with Gasteiger partial charge in [-0.15, -0.1) is 0 Å². The summed E-state index contributed by atoms with van der Waals surface area (Å²) in [7, 11) is 0. The Morgan fingerprint density at radius 2 is 1.71 bits per heavy atom. The maximum Gasteiger partial charge on any atom is 0.316 e. The van der Waals surface area contributed by atoms with E-state index < -0.39 is 17.5 Å². The van der Waals surface area contributed by atoms with Gasteiger partial charge < -0.3 is 20.8 Å². The summed E-state index contributed by atoms with van der Waals surface area (Å²) < 4.78 is 6.78. The number of urea groups is 1. The van der Waals surface area contributed by atoms with Crippen LogP contribution >= 0.6 is 0 Å². The summed E-state index contributed by atoms with van der Waals surface area (Å²) >= 11 is 0. The van der Waals surface area contributed by atoms with Crippen molar-refractivity contribution in [3.8, 4) is 0 Å². The first-order valence-electron chi connectivity index (χ1n) is 8.34. The van der Waals surface area contributed by atoms with Crippen molar-refractivity contribution in [3.05, 3.63) is 65.2 Å². The first kappa shape index (κ1) is 17.3. The van der Waals surface area contributed by atoms with Gasteiger partial charge in [0.1, 0.15) is 17.6 Å². The van der Waals surface area contributed by atoms with Gasteiger partial charge in [0, 0.05) is 16.8 Å². The van der Waals surface area contributed by atoms with Crippen molar-refractivity contribution in [1.29, 1.82) is 0 Å². The molecule has 2 heterocycles. The van der Waals surface area contributed by atoms with Crippen LogP contribution < -0.4 is 21.9 Å². The smallest absolute Gasteiger partial charge is 0.316 e. The van der Waals surface area contributed by atoms with Gasteiger partial charge in [-0.05, 0) is 36.4 Å². The second-order valence-electron chi connectivity index (χ2n) is 6.07. The highest BCUT2D eigenvalue weighted by Crippen LogP contribution is 2.24. The molecule has 4 rings (SSSR count). The van der Waals surface area contributed by atoms with Crippen LogP contribution in [0.15, 0.2) is 64.1 Å². The van der Waals surface area contributed by atoms with Crippen LogP contribution in [-0.4, -0.2) is 21.5 Å². The first-order chi connectivity index (χ1) is 13.5. The molecular weight excluding hydrogens is 362 g/mol. The number of primary amides is 1. The number of anilines is 2. The molecule has 0 aliphatic heterocycles. The number of carbonyl (C=O) groups is 2. The molecule has 9 nitrogen and oxygen atoms in total. The Morgan fingerprint density at radius 1 is 1.04 bits per heavy atom. The lowest BCUT2D eigenvalue weighted by atomic mass is 10.2. The Hall–Kier alpha value is -4.14. The predicted molar refractivity (Wildman–Crippen MR) is 104 cm³/mol. The van der Waals surface area contributed by atoms with Crippen molar-refractivity contribution in [2.24, 2.45) is 5.73 Å². The molecule has 0 radical (unpaired) electrons. The quantitative estimate of drug-likeness (QED) is 0.502. The topological polar surface area (TPSA) is 132 Å². The Morgan fingerprint density at radius 3 is 2.43 bits per heavy atom. The molecule has 4 N–H and O–H groups in total. The summed E-state index contributed by atoms with van der Waals surface area (Å²) in [6.07, 6.45) is 1.33. The minimum absolute atomic E-state index is 0.110. The normalized spacial score (nSPS) is 10.9. The van der Waals surface area contributed by atoms with Crippen LogP contribution in [0.3, 0.4) is 0 Å². The summed E-state index contributed by atoms with van der Waals surface area (Å²) in [5.74, 6) is -0.407. The van der Waals surface area contributed by atoms with Crippen LogP contribution in [-0.2, 0) is 11.3 Å². The minimum atomic E-state index is -0.676. The number of amides is 3. The summed E-state index contributed by atoms with van der Waals surface area (Å²) in [6, 6.07) is 12.9. The van der Waals surface area contributed by atoms with Gasteiger partial charge >= 0.3 is 6.03 Å². The fraction of sp³-hybridized carbons (Fsp3) is 0.0526. The van der Waals surface area contributed by atoms with E-state index in [1.807, 2.05) is 12.1 Å². The highest BCUT2D eigenvalue weighted by Gasteiger charge is 2.14. The monoisotopic (exact) mass is 377 g/mol. The van der Waals surface area contributed by atoms with Gasteiger partial charge in [-0.3, -0.25) is 14.2 Å². The van der Waals surface area contributed by atoms with Crippen LogP contribution in [0.4, 0.5) is 16.2 Å². The number of nitrogens with zero attached hydrogens (tertiary/aromatic N) is 2. The zero-order valence-corrected chi connectivity index (χ0v) is 14.5. The zero-order valence-electron chi connectivity index (χ0n) is 14.5. The third-order valence-electron chi connectivity index (χ3n) is 4.10. The highest BCUT2D eigenvalue weighted by molar-refractivity contribution is 6.01. The zero-order chi connectivity index (χ0) is 19.7. The van der Waals surface area contributed by atoms with Crippen LogP contribution in [0.25, 0.3) is 22.1 Å². The number of benzene rings is 2. The maximum absolute atomic E-state index is 12.6. The van der Waals surface area contributed by atoms with Gasteiger partial charge in [0.15, 0.2) is 0 Å². The van der Waals surface area contributed by atoms with Gasteiger partial charge in [-0.2, -0.15) is 0 Å². The third kappa shape index (κ3) is 3.28. The molecule has 0 aliphatic carbocycles. The standard InChI is InChI=1S/C19H15N5O4/c20-19(27)23-12-7-5-11(6-8-12)22-15(25)9-24-10-21-16-13-3-1-2-4-14(13)28-17(16)18(24)26/h1-8,10H,9H2,(H,22,25)(H3,20,23,27). The van der Waals surface area contributed by atoms with E-state index >= 15 is 0 Å². The highest BCUT2D eigenvalue weighted by atomic mass is 16.3. The number of carbonyl (C=O) groups excluding carboxylic acids is 2. The van der Waals surface area contributed by atoms with Crippen molar-refractivity contribution in [2.75, 3.05) is 10.6 Å². The van der Waals surface area contributed by atoms with Crippen molar-refractivity contribution >= 4 is 45.4 Å². The minimum Gasteiger partial charge on any atom is -0.448 e. The van der Waals surface area contributed by atoms with Gasteiger partial charge in [0.05, 0.1) is 6.33 Å². The number of para-hydroxylation sites is 1. The van der Waals surface area contributed by atoms with E-state index in [2.05, 4.69) is 15.6 Å². The number of nitrogens with two attached hydrogens (primary N) is 1. The first-order valence-corrected chi connectivity index (χ1v) is 8.34. The second-order valence-corrected chi connectivity index (χ2v) is 6.07. The lowest BCUT2D eigenvalue weighted by Gasteiger charge is -2.08. The molecule has 4 aromatic rings. The summed E-state index contributed by atoms with van der Waals surface area (Å²) in [5, 5.41) is 5.84. The molecule has 0 spiro atoms. The van der Waals surface area contributed by atoms with Gasteiger partial charge in [0.2, 0.25) is 11.5 Å². The third-order valence-corrected chi connectivity index (χ3v) is 4.10. The molecule has 2 aromatic heterocycles. The maximum atomic E-state index is 12.6. The molecule has 2 aromatic carbocycles. The van der Waals surface area contributed by atoms with Gasteiger partial charge in [0.25, 0.3) is 5.56 Å². The molecular formula is C19H15N5O4. The van der Waals surface area contributed by atoms with Crippen molar-refractivity contribution in [3.63, 3.8) is 0 Å². The molecule has 0 saturated heterocycles. The lowest BCUT2D eigenvalue weighted by Crippen LogP contribution is -2.27. The number of rotatable bonds is 4. The Labute approximate surface area is 157 Å². The largest absolute Gasteiger partial charge is 0.448 e. The number of aromatic nitrogens is 2. The lowest BCUT2D eigenvalue weighted by molar-refractivity contribution is -0.116. The van der Waals surface area contributed by atoms with E-state index in [0.29, 0.717) is 22.5 Å². The van der Waals surface area contributed by atoms with Gasteiger partial charge in [-0.1, -0.05) is 12.1 Å². The number of furan rings is 1. The number of fused-ring (bicyclic) bond motifs is 3. The van der Waals surface area contributed by atoms with E-state index in [1.54, 1.807) is 36.4 Å². The predicted octanol–water partition coefficient (Wildman–Crippen LogP) is 2.27. The fourth-order valence-corrected chi connectivity index (χ4v) is 2.86. The van der Waals surface area contributed by atoms with Crippen molar-refractivity contribution < 1.29 is 14.0 Å². The van der Waals surface area contributed by atoms with E-state index in [1.165, 1.54) is 10.9 Å². The molecule has 0 saturated carbocycles. The van der Waals surface area contributed by atoms with Crippen LogP contribution in [0, 0.1) is 0 Å². The van der Waals surface area contributed by atoms with Crippen molar-refractivity contribution in [1.82, 2.24) is 9.55 Å². The fourth-order valence-electron chi connectivity index (χ4n) is 2.86. The molecule has 3 amide bonds. The van der Waals surface area contributed by atoms with Gasteiger partial charge in [-0.25, -0.2) is 9.78 Å². The summed E-state index contributed by atoms with van der Waals surface area (Å²) in [4.78, 5) is 40.0. The van der Waals surface area contributed by atoms with E-state index in [4.69, 9.17) is 10.2 Å². The second kappa shape index (κ2) is 6.88. The number of hydrogen-bond acceptors (Lipinski definition) is 5. The van der Waals surface area contributed by atoms with E-state index in [9.17, 15) is 14.4 Å². The summed E-state index contributed by atoms with van der Waals surface area (Å²) in [6.45, 7) is -0.222. The molecule has 0 unspecified atom stereocenters. The summed E-state index contributed by atoms with van der Waals surface area (Å²) in [5.41, 5.74) is 6.76. The van der Waals surface area contributed by atoms with Crippen LogP contribution in [0.5, 0.6) is 0 Å². The number of nitrogens with one attached hydrogen (secondary N) is 2. The Balaban J connectivity index is 1.53. The molecule has 0 bridgehead atoms. The van der Waals surface area contributed by atoms with E-state index in [-0.39, 0.29) is 12.1 Å². The molecule has 0 fully saturated rings. The molecule has 140 valence electrons. The average Bonchev–Trinajstić information content (AvgIpc) is 3.05. The molecule has 0 atom stereocenters. The molecule has 0 aliphatic rings. The number of hydrogen-bond donors (Lipinski definition) is 3. The van der Waals surface area contributed by atoms with Crippen LogP contribution in [0.2, 0.25) is 0 Å². The Kier molecular flexibility index (Phi) is 4.24. The SMILES string of the molecule is NC(=O)Nc1ccc(NC(=O)Cn2cnc3c(oc4ccccc43)c2=O)cc1. The molecule has 9 heteroatoms.